The first-order valence-corrected chi connectivity index (χ1v) is 10.9. The molecule has 2 bridgehead atoms. The molecule has 0 aromatic heterocycles. The third kappa shape index (κ3) is 3.45. The van der Waals surface area contributed by atoms with Crippen molar-refractivity contribution in [2.75, 3.05) is 32.2 Å². The van der Waals surface area contributed by atoms with Gasteiger partial charge in [-0.05, 0) is 36.2 Å². The molecule has 8 heteroatoms. The number of halogens is 1. The molecule has 172 valence electrons. The van der Waals surface area contributed by atoms with E-state index in [1.807, 2.05) is 30.4 Å². The second-order valence-corrected chi connectivity index (χ2v) is 8.51. The lowest BCUT2D eigenvalue weighted by Crippen LogP contribution is -2.44. The van der Waals surface area contributed by atoms with Gasteiger partial charge in [0.15, 0.2) is 11.5 Å². The molecule has 5 rings (SSSR count). The van der Waals surface area contributed by atoms with Gasteiger partial charge in [-0.2, -0.15) is 0 Å². The van der Waals surface area contributed by atoms with Gasteiger partial charge >= 0.3 is 0 Å². The van der Waals surface area contributed by atoms with Crippen molar-refractivity contribution in [1.29, 1.82) is 0 Å². The lowest BCUT2D eigenvalue weighted by Gasteiger charge is -2.23. The first-order valence-electron chi connectivity index (χ1n) is 10.9. The fourth-order valence-corrected chi connectivity index (χ4v) is 5.16. The monoisotopic (exact) mass is 452 g/mol. The second kappa shape index (κ2) is 8.19. The molecule has 2 aromatic carbocycles. The van der Waals surface area contributed by atoms with E-state index in [0.717, 1.165) is 5.56 Å². The van der Waals surface area contributed by atoms with Gasteiger partial charge in [-0.1, -0.05) is 30.4 Å². The molecule has 2 amide bonds. The molecule has 0 saturated carbocycles. The van der Waals surface area contributed by atoms with E-state index < -0.39 is 29.4 Å². The predicted octanol–water partition coefficient (Wildman–Crippen LogP) is 2.49. The van der Waals surface area contributed by atoms with Crippen LogP contribution in [-0.2, 0) is 20.7 Å². The van der Waals surface area contributed by atoms with E-state index in [2.05, 4.69) is 5.32 Å². The number of hydrogen-bond donors (Lipinski definition) is 1. The Morgan fingerprint density at radius 1 is 1.21 bits per heavy atom. The van der Waals surface area contributed by atoms with E-state index in [-0.39, 0.29) is 24.0 Å². The summed E-state index contributed by atoms with van der Waals surface area (Å²) in [5.74, 6) is -1.05. The van der Waals surface area contributed by atoms with Gasteiger partial charge in [-0.3, -0.25) is 9.59 Å². The van der Waals surface area contributed by atoms with Crippen molar-refractivity contribution >= 4 is 17.5 Å². The Balaban J connectivity index is 1.28. The minimum atomic E-state index is -0.893. The average molecular weight is 452 g/mol. The topological polar surface area (TPSA) is 77.1 Å². The minimum Gasteiger partial charge on any atom is -0.493 e. The van der Waals surface area contributed by atoms with Gasteiger partial charge < -0.3 is 24.4 Å². The first kappa shape index (κ1) is 21.5. The lowest BCUT2D eigenvalue weighted by molar-refractivity contribution is -0.131. The van der Waals surface area contributed by atoms with E-state index in [1.165, 1.54) is 11.0 Å². The van der Waals surface area contributed by atoms with E-state index in [0.29, 0.717) is 24.5 Å². The van der Waals surface area contributed by atoms with Crippen molar-refractivity contribution in [2.24, 2.45) is 11.8 Å². The number of para-hydroxylation sites is 1. The van der Waals surface area contributed by atoms with Crippen LogP contribution in [0.1, 0.15) is 5.56 Å². The summed E-state index contributed by atoms with van der Waals surface area (Å²) < 4.78 is 31.1. The fourth-order valence-electron chi connectivity index (χ4n) is 5.16. The molecule has 0 radical (unpaired) electrons. The van der Waals surface area contributed by atoms with Crippen LogP contribution in [0.5, 0.6) is 11.5 Å². The summed E-state index contributed by atoms with van der Waals surface area (Å²) in [4.78, 5) is 27.8. The normalized spacial score (nSPS) is 27.1. The van der Waals surface area contributed by atoms with Gasteiger partial charge in [0.25, 0.3) is 0 Å². The van der Waals surface area contributed by atoms with Gasteiger partial charge in [0.1, 0.15) is 11.4 Å². The molecule has 4 atom stereocenters. The van der Waals surface area contributed by atoms with Crippen LogP contribution in [0.25, 0.3) is 0 Å². The van der Waals surface area contributed by atoms with Crippen molar-refractivity contribution in [1.82, 2.24) is 5.32 Å². The highest BCUT2D eigenvalue weighted by atomic mass is 19.1. The van der Waals surface area contributed by atoms with Crippen LogP contribution in [0, 0.1) is 17.7 Å². The molecule has 2 saturated heterocycles. The van der Waals surface area contributed by atoms with Gasteiger partial charge in [0.2, 0.25) is 11.8 Å². The standard InChI is InChI=1S/C25H25FN2O5/c1-31-18-8-7-15(13-20(18)32-2)10-12-27-23(29)21-19-9-11-25(33-19)14-28(24(30)22(21)25)17-6-4-3-5-16(17)26/h3-9,11,13,19,21-22H,10,12,14H2,1-2H3,(H,27,29)/t19-,21+,22+,25+/m1/s1. The summed E-state index contributed by atoms with van der Waals surface area (Å²) in [5.41, 5.74) is 0.297. The van der Waals surface area contributed by atoms with Gasteiger partial charge in [-0.15, -0.1) is 0 Å². The number of carbonyl (C=O) groups is 2. The Morgan fingerprint density at radius 3 is 2.76 bits per heavy atom. The van der Waals surface area contributed by atoms with Crippen LogP contribution in [0.15, 0.2) is 54.6 Å². The van der Waals surface area contributed by atoms with E-state index in [9.17, 15) is 14.0 Å². The maximum Gasteiger partial charge on any atom is 0.234 e. The number of nitrogens with one attached hydrogen (secondary N) is 1. The second-order valence-electron chi connectivity index (χ2n) is 8.51. The molecule has 0 aliphatic carbocycles. The molecular weight excluding hydrogens is 427 g/mol. The lowest BCUT2D eigenvalue weighted by atomic mass is 9.77. The Morgan fingerprint density at radius 2 is 2.00 bits per heavy atom. The smallest absolute Gasteiger partial charge is 0.234 e. The Labute approximate surface area is 191 Å². The maximum atomic E-state index is 14.4. The summed E-state index contributed by atoms with van der Waals surface area (Å²) >= 11 is 0. The Bertz CT molecular complexity index is 1140. The summed E-state index contributed by atoms with van der Waals surface area (Å²) in [6, 6.07) is 11.8. The molecule has 0 unspecified atom stereocenters. The molecule has 2 aromatic rings. The van der Waals surface area contributed by atoms with Crippen LogP contribution >= 0.6 is 0 Å². The summed E-state index contributed by atoms with van der Waals surface area (Å²) in [7, 11) is 3.15. The highest BCUT2D eigenvalue weighted by Crippen LogP contribution is 2.52. The number of nitrogens with zero attached hydrogens (tertiary/aromatic N) is 1. The molecule has 1 spiro atoms. The Kier molecular flexibility index (Phi) is 5.32. The van der Waals surface area contributed by atoms with Crippen molar-refractivity contribution in [3.8, 4) is 11.5 Å². The fraction of sp³-hybridized carbons (Fsp3) is 0.360. The van der Waals surface area contributed by atoms with Crippen molar-refractivity contribution < 1.29 is 28.2 Å². The van der Waals surface area contributed by atoms with Crippen LogP contribution in [0.3, 0.4) is 0 Å². The third-order valence-corrected chi connectivity index (χ3v) is 6.71. The maximum absolute atomic E-state index is 14.4. The number of rotatable bonds is 7. The molecule has 3 aliphatic rings. The van der Waals surface area contributed by atoms with Crippen molar-refractivity contribution in [3.63, 3.8) is 0 Å². The van der Waals surface area contributed by atoms with E-state index >= 15 is 0 Å². The van der Waals surface area contributed by atoms with Crippen molar-refractivity contribution in [3.05, 3.63) is 66.0 Å². The van der Waals surface area contributed by atoms with Gasteiger partial charge in [0.05, 0.1) is 44.4 Å². The highest BCUT2D eigenvalue weighted by Gasteiger charge is 2.67. The molecule has 2 fully saturated rings. The molecule has 33 heavy (non-hydrogen) atoms. The zero-order chi connectivity index (χ0) is 23.2. The highest BCUT2D eigenvalue weighted by molar-refractivity contribution is 6.03. The number of methoxy groups -OCH3 is 2. The molecular formula is C25H25FN2O5. The van der Waals surface area contributed by atoms with Crippen LogP contribution < -0.4 is 19.7 Å². The molecule has 3 heterocycles. The number of hydrogen-bond acceptors (Lipinski definition) is 5. The van der Waals surface area contributed by atoms with E-state index in [4.69, 9.17) is 14.2 Å². The predicted molar refractivity (Wildman–Crippen MR) is 119 cm³/mol. The number of fused-ring (bicyclic) bond motifs is 1. The molecule has 3 aliphatic heterocycles. The van der Waals surface area contributed by atoms with Crippen molar-refractivity contribution in [2.45, 2.75) is 18.1 Å². The summed E-state index contributed by atoms with van der Waals surface area (Å²) in [6.07, 6.45) is 3.83. The van der Waals surface area contributed by atoms with Gasteiger partial charge in [-0.25, -0.2) is 4.39 Å². The van der Waals surface area contributed by atoms with E-state index in [1.54, 1.807) is 32.4 Å². The zero-order valence-electron chi connectivity index (χ0n) is 18.4. The minimum absolute atomic E-state index is 0.194. The zero-order valence-corrected chi connectivity index (χ0v) is 18.4. The average Bonchev–Trinajstić information content (AvgIpc) is 3.47. The SMILES string of the molecule is COc1ccc(CCNC(=O)[C@@H]2[C@H]3C(=O)N(c4ccccc4F)C[C@@]34C=C[C@H]2O4)cc1OC. The summed E-state index contributed by atoms with van der Waals surface area (Å²) in [5, 5.41) is 2.95. The number of benzene rings is 2. The van der Waals surface area contributed by atoms with Gasteiger partial charge in [0, 0.05) is 6.54 Å². The molecule has 1 N–H and O–H groups in total. The Hall–Kier alpha value is -3.39. The number of ether oxygens (including phenoxy) is 3. The molecule has 7 nitrogen and oxygen atoms in total. The third-order valence-electron chi connectivity index (χ3n) is 6.71. The number of carbonyl (C=O) groups excluding carboxylic acids is 2. The summed E-state index contributed by atoms with van der Waals surface area (Å²) in [6.45, 7) is 0.589. The van der Waals surface area contributed by atoms with Crippen LogP contribution in [0.4, 0.5) is 10.1 Å². The van der Waals surface area contributed by atoms with Crippen LogP contribution in [-0.4, -0.2) is 50.8 Å². The first-order chi connectivity index (χ1) is 16.0. The van der Waals surface area contributed by atoms with Crippen LogP contribution in [0.2, 0.25) is 0 Å². The quantitative estimate of drug-likeness (QED) is 0.654. The largest absolute Gasteiger partial charge is 0.493 e. The number of amides is 2. The number of anilines is 1.